The lowest BCUT2D eigenvalue weighted by Crippen LogP contribution is -2.44. The minimum atomic E-state index is 0.138. The highest BCUT2D eigenvalue weighted by Crippen LogP contribution is 2.34. The first kappa shape index (κ1) is 25.0. The van der Waals surface area contributed by atoms with Gasteiger partial charge in [0.05, 0.1) is 30.6 Å². The summed E-state index contributed by atoms with van der Waals surface area (Å²) < 4.78 is 9.93. The number of nitrogens with one attached hydrogen (secondary N) is 1. The van der Waals surface area contributed by atoms with Crippen LogP contribution in [0.25, 0.3) is 33.7 Å². The van der Waals surface area contributed by atoms with Crippen LogP contribution in [0.1, 0.15) is 24.7 Å². The average Bonchev–Trinajstić information content (AvgIpc) is 3.44. The van der Waals surface area contributed by atoms with Crippen LogP contribution < -0.4 is 10.2 Å². The maximum absolute atomic E-state index is 9.35. The predicted molar refractivity (Wildman–Crippen MR) is 147 cm³/mol. The number of fused-ring (bicyclic) bond motifs is 1. The van der Waals surface area contributed by atoms with E-state index in [-0.39, 0.29) is 12.6 Å². The summed E-state index contributed by atoms with van der Waals surface area (Å²) in [6.07, 6.45) is 4.66. The van der Waals surface area contributed by atoms with E-state index >= 15 is 0 Å². The van der Waals surface area contributed by atoms with E-state index < -0.39 is 0 Å². The van der Waals surface area contributed by atoms with Crippen LogP contribution in [0, 0.1) is 19.8 Å². The number of aliphatic hydroxyl groups is 1. The fraction of sp³-hybridized carbons (Fsp3) is 0.500. The summed E-state index contributed by atoms with van der Waals surface area (Å²) in [5.74, 6) is 2.22. The quantitative estimate of drug-likeness (QED) is 0.368. The number of nitrogens with zero attached hydrogens (tertiary/aromatic N) is 7. The van der Waals surface area contributed by atoms with E-state index in [1.54, 1.807) is 0 Å². The Morgan fingerprint density at radius 2 is 2.05 bits per heavy atom. The van der Waals surface area contributed by atoms with Gasteiger partial charge < -0.3 is 24.6 Å². The van der Waals surface area contributed by atoms with Gasteiger partial charge in [-0.3, -0.25) is 4.68 Å². The van der Waals surface area contributed by atoms with Crippen LogP contribution >= 0.6 is 0 Å². The molecule has 10 nitrogen and oxygen atoms in total. The number of hydrogen-bond donors (Lipinski definition) is 2. The third-order valence-electron chi connectivity index (χ3n) is 7.76. The van der Waals surface area contributed by atoms with Crippen LogP contribution in [-0.4, -0.2) is 79.9 Å². The summed E-state index contributed by atoms with van der Waals surface area (Å²) in [6.45, 7) is 12.3. The van der Waals surface area contributed by atoms with E-state index in [2.05, 4.69) is 47.0 Å². The van der Waals surface area contributed by atoms with Crippen molar-refractivity contribution < 1.29 is 9.84 Å². The van der Waals surface area contributed by atoms with Crippen LogP contribution in [0.5, 0.6) is 0 Å². The third-order valence-corrected chi connectivity index (χ3v) is 7.76. The second kappa shape index (κ2) is 10.4. The van der Waals surface area contributed by atoms with Gasteiger partial charge >= 0.3 is 0 Å². The first-order valence-electron chi connectivity index (χ1n) is 13.6. The van der Waals surface area contributed by atoms with Gasteiger partial charge in [-0.05, 0) is 39.3 Å². The predicted octanol–water partition coefficient (Wildman–Crippen LogP) is 2.80. The highest BCUT2D eigenvalue weighted by molar-refractivity contribution is 5.92. The van der Waals surface area contributed by atoms with Gasteiger partial charge in [-0.15, -0.1) is 0 Å². The minimum Gasteiger partial charge on any atom is -0.396 e. The molecule has 2 fully saturated rings. The Kier molecular flexibility index (Phi) is 6.86. The van der Waals surface area contributed by atoms with Crippen LogP contribution in [0.3, 0.4) is 0 Å². The zero-order chi connectivity index (χ0) is 26.2. The Morgan fingerprint density at radius 3 is 2.82 bits per heavy atom. The van der Waals surface area contributed by atoms with Crippen molar-refractivity contribution in [3.05, 3.63) is 42.0 Å². The number of aliphatic hydroxyl groups excluding tert-OH is 1. The van der Waals surface area contributed by atoms with Crippen molar-refractivity contribution in [2.45, 2.75) is 46.3 Å². The van der Waals surface area contributed by atoms with Gasteiger partial charge in [-0.25, -0.2) is 15.0 Å². The number of pyridine rings is 1. The molecular weight excluding hydrogens is 480 g/mol. The summed E-state index contributed by atoms with van der Waals surface area (Å²) in [7, 11) is 0. The smallest absolute Gasteiger partial charge is 0.162 e. The minimum absolute atomic E-state index is 0.138. The summed E-state index contributed by atoms with van der Waals surface area (Å²) in [5, 5.41) is 18.5. The zero-order valence-corrected chi connectivity index (χ0v) is 22.4. The van der Waals surface area contributed by atoms with Crippen LogP contribution in [0.4, 0.5) is 5.82 Å². The van der Waals surface area contributed by atoms with E-state index in [0.717, 1.165) is 71.2 Å². The van der Waals surface area contributed by atoms with Crippen LogP contribution in [0.15, 0.2) is 30.6 Å². The molecule has 2 aliphatic heterocycles. The average molecular weight is 517 g/mol. The topological polar surface area (TPSA) is 106 Å². The molecule has 0 amide bonds. The lowest BCUT2D eigenvalue weighted by Gasteiger charge is -2.34. The van der Waals surface area contributed by atoms with E-state index in [1.807, 2.05) is 23.9 Å². The number of anilines is 1. The number of morpholine rings is 1. The van der Waals surface area contributed by atoms with Crippen molar-refractivity contribution in [2.24, 2.45) is 5.92 Å². The van der Waals surface area contributed by atoms with Gasteiger partial charge in [0.25, 0.3) is 0 Å². The molecule has 1 atom stereocenters. The van der Waals surface area contributed by atoms with Crippen molar-refractivity contribution in [1.29, 1.82) is 0 Å². The van der Waals surface area contributed by atoms with E-state index in [0.29, 0.717) is 37.9 Å². The summed E-state index contributed by atoms with van der Waals surface area (Å²) in [4.78, 5) is 17.3. The fourth-order valence-corrected chi connectivity index (χ4v) is 5.59. The zero-order valence-electron chi connectivity index (χ0n) is 22.4. The molecular formula is C28H36N8O2. The largest absolute Gasteiger partial charge is 0.396 e. The summed E-state index contributed by atoms with van der Waals surface area (Å²) in [6, 6.07) is 6.46. The fourth-order valence-electron chi connectivity index (χ4n) is 5.59. The third kappa shape index (κ3) is 4.57. The van der Waals surface area contributed by atoms with Gasteiger partial charge in [-0.1, -0.05) is 0 Å². The molecule has 6 rings (SSSR count). The molecule has 10 heteroatoms. The van der Waals surface area contributed by atoms with Crippen LogP contribution in [0.2, 0.25) is 0 Å². The molecule has 0 saturated carbocycles. The summed E-state index contributed by atoms with van der Waals surface area (Å²) in [5.41, 5.74) is 5.79. The number of hydrogen-bond acceptors (Lipinski definition) is 8. The van der Waals surface area contributed by atoms with Gasteiger partial charge in [0.15, 0.2) is 5.82 Å². The second-order valence-corrected chi connectivity index (χ2v) is 10.5. The van der Waals surface area contributed by atoms with Crippen molar-refractivity contribution in [3.8, 4) is 22.6 Å². The Bertz CT molecular complexity index is 1440. The molecule has 200 valence electrons. The van der Waals surface area contributed by atoms with Gasteiger partial charge in [0.2, 0.25) is 0 Å². The Morgan fingerprint density at radius 1 is 1.18 bits per heavy atom. The van der Waals surface area contributed by atoms with Crippen molar-refractivity contribution >= 4 is 16.9 Å². The first-order valence-corrected chi connectivity index (χ1v) is 13.6. The molecule has 0 bridgehead atoms. The highest BCUT2D eigenvalue weighted by atomic mass is 16.5. The molecule has 0 aliphatic carbocycles. The maximum Gasteiger partial charge on any atom is 0.162 e. The Hall–Kier alpha value is -3.34. The monoisotopic (exact) mass is 516 g/mol. The molecule has 0 spiro atoms. The van der Waals surface area contributed by atoms with Crippen molar-refractivity contribution in [3.63, 3.8) is 0 Å². The molecule has 4 aromatic rings. The first-order chi connectivity index (χ1) is 18.5. The lowest BCUT2D eigenvalue weighted by molar-refractivity contribution is 0.0985. The molecule has 0 unspecified atom stereocenters. The molecule has 0 radical (unpaired) electrons. The molecule has 4 aromatic heterocycles. The number of rotatable bonds is 8. The SMILES string of the molecule is Cc1nn(CCCO)c(C)c1-c1cc(N2CCOC[C@H]2C)nc(-c2ccnc3c2ccn3CC2CNC2)n1. The second-order valence-electron chi connectivity index (χ2n) is 10.5. The van der Waals surface area contributed by atoms with E-state index in [4.69, 9.17) is 24.8 Å². The van der Waals surface area contributed by atoms with Crippen molar-refractivity contribution in [2.75, 3.05) is 44.4 Å². The maximum atomic E-state index is 9.35. The Labute approximate surface area is 222 Å². The standard InChI is InChI=1S/C28H36N8O2/c1-18-17-38-12-10-35(18)25-13-24(26-19(2)33-36(20(26)3)8-4-11-37)31-27(32-25)22-5-7-30-28-23(22)6-9-34(28)16-21-14-29-15-21/h5-7,9,13,18,21,29,37H,4,8,10-12,14-17H2,1-3H3/t18-/m1/s1. The molecule has 2 aliphatic rings. The molecule has 0 aromatic carbocycles. The summed E-state index contributed by atoms with van der Waals surface area (Å²) >= 11 is 0. The Balaban J connectivity index is 1.48. The molecule has 38 heavy (non-hydrogen) atoms. The van der Waals surface area contributed by atoms with Gasteiger partial charge in [0.1, 0.15) is 11.5 Å². The van der Waals surface area contributed by atoms with Crippen LogP contribution in [-0.2, 0) is 17.8 Å². The van der Waals surface area contributed by atoms with Gasteiger partial charge in [-0.2, -0.15) is 5.10 Å². The van der Waals surface area contributed by atoms with Gasteiger partial charge in [0, 0.05) is 85.9 Å². The lowest BCUT2D eigenvalue weighted by atomic mass is 10.0. The molecule has 2 saturated heterocycles. The van der Waals surface area contributed by atoms with E-state index in [1.165, 1.54) is 0 Å². The number of aryl methyl sites for hydroxylation is 2. The van der Waals surface area contributed by atoms with Crippen molar-refractivity contribution in [1.82, 2.24) is 34.6 Å². The number of aromatic nitrogens is 6. The molecule has 2 N–H and O–H groups in total. The highest BCUT2D eigenvalue weighted by Gasteiger charge is 2.25. The number of ether oxygens (including phenoxy) is 1. The normalized spacial score (nSPS) is 18.3. The molecule has 6 heterocycles. The van der Waals surface area contributed by atoms with E-state index in [9.17, 15) is 5.11 Å².